The maximum Gasteiger partial charge on any atom is 0.237 e. The summed E-state index contributed by atoms with van der Waals surface area (Å²) in [6, 6.07) is 0.225. The van der Waals surface area contributed by atoms with E-state index in [1.54, 1.807) is 0 Å². The van der Waals surface area contributed by atoms with E-state index < -0.39 is 0 Å². The second-order valence-electron chi connectivity index (χ2n) is 3.99. The molecule has 0 aromatic rings. The van der Waals surface area contributed by atoms with E-state index in [-0.39, 0.29) is 30.5 Å². The van der Waals surface area contributed by atoms with Gasteiger partial charge < -0.3 is 15.7 Å². The van der Waals surface area contributed by atoms with E-state index in [1.165, 1.54) is 6.42 Å². The monoisotopic (exact) mass is 220 g/mol. The average molecular weight is 221 g/mol. The first-order chi connectivity index (χ1) is 6.25. The lowest BCUT2D eigenvalue weighted by Gasteiger charge is -2.27. The summed E-state index contributed by atoms with van der Waals surface area (Å²) >= 11 is 0. The van der Waals surface area contributed by atoms with Gasteiger partial charge in [-0.15, -0.1) is 12.4 Å². The Hall–Kier alpha value is -0.320. The maximum atomic E-state index is 11.5. The van der Waals surface area contributed by atoms with Crippen molar-refractivity contribution in [3.05, 3.63) is 0 Å². The first-order valence-corrected chi connectivity index (χ1v) is 4.97. The largest absolute Gasteiger partial charge is 0.392 e. The molecule has 0 aromatic carbocycles. The smallest absolute Gasteiger partial charge is 0.237 e. The van der Waals surface area contributed by atoms with E-state index in [0.29, 0.717) is 19.0 Å². The van der Waals surface area contributed by atoms with Crippen LogP contribution in [0.3, 0.4) is 0 Å². The van der Waals surface area contributed by atoms with Gasteiger partial charge in [0.1, 0.15) is 0 Å². The fraction of sp³-hybridized carbons (Fsp3) is 0.889. The summed E-state index contributed by atoms with van der Waals surface area (Å²) in [5.41, 5.74) is 0. The first kappa shape index (κ1) is 11.8. The minimum absolute atomic E-state index is 0. The number of aliphatic hydroxyl groups excluding tert-OH is 1. The zero-order chi connectivity index (χ0) is 9.26. The zero-order valence-corrected chi connectivity index (χ0v) is 8.85. The van der Waals surface area contributed by atoms with Crippen LogP contribution in [-0.2, 0) is 4.79 Å². The third-order valence-corrected chi connectivity index (χ3v) is 2.88. The Morgan fingerprint density at radius 1 is 1.43 bits per heavy atom. The van der Waals surface area contributed by atoms with Gasteiger partial charge in [0.05, 0.1) is 12.1 Å². The van der Waals surface area contributed by atoms with Gasteiger partial charge in [-0.1, -0.05) is 0 Å². The van der Waals surface area contributed by atoms with Crippen molar-refractivity contribution in [2.45, 2.75) is 43.9 Å². The van der Waals surface area contributed by atoms with E-state index >= 15 is 0 Å². The van der Waals surface area contributed by atoms with E-state index in [2.05, 4.69) is 10.6 Å². The molecule has 2 atom stereocenters. The molecule has 0 aromatic heterocycles. The molecule has 2 rings (SSSR count). The van der Waals surface area contributed by atoms with Crippen molar-refractivity contribution in [1.29, 1.82) is 0 Å². The van der Waals surface area contributed by atoms with Gasteiger partial charge in [-0.2, -0.15) is 0 Å². The molecule has 1 aliphatic carbocycles. The standard InChI is InChI=1S/C9H16N2O2.ClH/c12-7-4-8(10-5-7)9(13)11-6-2-1-3-6;/h6-8,10,12H,1-5H2,(H,11,13);1H/t7-,8-;/m1./s1. The lowest BCUT2D eigenvalue weighted by atomic mass is 9.93. The molecule has 0 unspecified atom stereocenters. The summed E-state index contributed by atoms with van der Waals surface area (Å²) in [6.45, 7) is 0.544. The number of hydrogen-bond donors (Lipinski definition) is 3. The van der Waals surface area contributed by atoms with Gasteiger partial charge >= 0.3 is 0 Å². The Balaban J connectivity index is 0.000000980. The zero-order valence-electron chi connectivity index (χ0n) is 8.03. The van der Waals surface area contributed by atoms with Crippen LogP contribution in [0, 0.1) is 0 Å². The summed E-state index contributed by atoms with van der Waals surface area (Å²) in [5.74, 6) is 0.0567. The molecule has 1 aliphatic heterocycles. The van der Waals surface area contributed by atoms with Crippen molar-refractivity contribution >= 4 is 18.3 Å². The number of β-amino-alcohol motifs (C(OH)–C–C–N with tert-alkyl or cyclic N) is 1. The van der Waals surface area contributed by atoms with E-state index in [9.17, 15) is 9.90 Å². The van der Waals surface area contributed by atoms with Crippen LogP contribution < -0.4 is 10.6 Å². The van der Waals surface area contributed by atoms with Crippen LogP contribution in [0.15, 0.2) is 0 Å². The summed E-state index contributed by atoms with van der Waals surface area (Å²) < 4.78 is 0. The maximum absolute atomic E-state index is 11.5. The number of carbonyl (C=O) groups is 1. The van der Waals surface area contributed by atoms with Crippen molar-refractivity contribution in [3.63, 3.8) is 0 Å². The predicted octanol–water partition coefficient (Wildman–Crippen LogP) is -0.200. The molecule has 4 nitrogen and oxygen atoms in total. The van der Waals surface area contributed by atoms with Crippen LogP contribution in [0.25, 0.3) is 0 Å². The van der Waals surface area contributed by atoms with E-state index in [1.807, 2.05) is 0 Å². The summed E-state index contributed by atoms with van der Waals surface area (Å²) in [6.07, 6.45) is 3.66. The van der Waals surface area contributed by atoms with Crippen molar-refractivity contribution in [1.82, 2.24) is 10.6 Å². The van der Waals surface area contributed by atoms with Crippen LogP contribution in [0.1, 0.15) is 25.7 Å². The van der Waals surface area contributed by atoms with Crippen molar-refractivity contribution < 1.29 is 9.90 Å². The summed E-state index contributed by atoms with van der Waals surface area (Å²) in [4.78, 5) is 11.5. The highest BCUT2D eigenvalue weighted by atomic mass is 35.5. The van der Waals surface area contributed by atoms with Gasteiger partial charge in [-0.25, -0.2) is 0 Å². The second kappa shape index (κ2) is 4.96. The number of carbonyl (C=O) groups excluding carboxylic acids is 1. The molecule has 0 radical (unpaired) electrons. The first-order valence-electron chi connectivity index (χ1n) is 4.97. The Labute approximate surface area is 89.9 Å². The van der Waals surface area contributed by atoms with Gasteiger partial charge in [-0.3, -0.25) is 4.79 Å². The molecule has 0 bridgehead atoms. The Bertz CT molecular complexity index is 209. The molecule has 3 N–H and O–H groups in total. The lowest BCUT2D eigenvalue weighted by molar-refractivity contribution is -0.124. The van der Waals surface area contributed by atoms with Gasteiger partial charge in [0.25, 0.3) is 0 Å². The molecule has 2 fully saturated rings. The Morgan fingerprint density at radius 3 is 2.57 bits per heavy atom. The molecular weight excluding hydrogens is 204 g/mol. The highest BCUT2D eigenvalue weighted by Crippen LogP contribution is 2.18. The summed E-state index contributed by atoms with van der Waals surface area (Å²) in [7, 11) is 0. The minimum atomic E-state index is -0.350. The molecule has 0 spiro atoms. The number of aliphatic hydroxyl groups is 1. The van der Waals surface area contributed by atoms with Crippen LogP contribution in [0.5, 0.6) is 0 Å². The third-order valence-electron chi connectivity index (χ3n) is 2.88. The number of halogens is 1. The van der Waals surface area contributed by atoms with Gasteiger partial charge in [0, 0.05) is 12.6 Å². The van der Waals surface area contributed by atoms with Gasteiger partial charge in [-0.05, 0) is 25.7 Å². The van der Waals surface area contributed by atoms with Crippen molar-refractivity contribution in [3.8, 4) is 0 Å². The number of rotatable bonds is 2. The predicted molar refractivity (Wildman–Crippen MR) is 55.4 cm³/mol. The number of nitrogens with one attached hydrogen (secondary N) is 2. The molecule has 2 aliphatic rings. The molecule has 5 heteroatoms. The highest BCUT2D eigenvalue weighted by Gasteiger charge is 2.30. The van der Waals surface area contributed by atoms with Gasteiger partial charge in [0.2, 0.25) is 5.91 Å². The molecule has 1 saturated carbocycles. The lowest BCUT2D eigenvalue weighted by Crippen LogP contribution is -2.47. The normalized spacial score (nSPS) is 31.8. The molecule has 14 heavy (non-hydrogen) atoms. The second-order valence-corrected chi connectivity index (χ2v) is 3.99. The molecule has 82 valence electrons. The summed E-state index contributed by atoms with van der Waals surface area (Å²) in [5, 5.41) is 15.2. The molecular formula is C9H17ClN2O2. The SMILES string of the molecule is Cl.O=C(NC1CCC1)[C@H]1C[C@@H](O)CN1. The van der Waals surface area contributed by atoms with Crippen LogP contribution in [0.4, 0.5) is 0 Å². The fourth-order valence-corrected chi connectivity index (χ4v) is 1.77. The minimum Gasteiger partial charge on any atom is -0.392 e. The average Bonchev–Trinajstić information content (AvgIpc) is 2.44. The molecule has 1 heterocycles. The Morgan fingerprint density at radius 2 is 2.14 bits per heavy atom. The molecule has 1 amide bonds. The van der Waals surface area contributed by atoms with E-state index in [0.717, 1.165) is 12.8 Å². The van der Waals surface area contributed by atoms with E-state index in [4.69, 9.17) is 0 Å². The third kappa shape index (κ3) is 2.59. The van der Waals surface area contributed by atoms with Crippen molar-refractivity contribution in [2.24, 2.45) is 0 Å². The fourth-order valence-electron chi connectivity index (χ4n) is 1.77. The molecule has 1 saturated heterocycles. The highest BCUT2D eigenvalue weighted by molar-refractivity contribution is 5.85. The van der Waals surface area contributed by atoms with Crippen molar-refractivity contribution in [2.75, 3.05) is 6.54 Å². The van der Waals surface area contributed by atoms with Crippen LogP contribution in [0.2, 0.25) is 0 Å². The quantitative estimate of drug-likeness (QED) is 0.604. The number of hydrogen-bond acceptors (Lipinski definition) is 3. The van der Waals surface area contributed by atoms with Crippen LogP contribution in [-0.4, -0.2) is 35.7 Å². The Kier molecular flexibility index (Phi) is 4.16. The topological polar surface area (TPSA) is 61.4 Å². The number of amides is 1. The van der Waals surface area contributed by atoms with Crippen LogP contribution >= 0.6 is 12.4 Å². The van der Waals surface area contributed by atoms with Gasteiger partial charge in [0.15, 0.2) is 0 Å².